The van der Waals surface area contributed by atoms with Crippen molar-refractivity contribution in [3.05, 3.63) is 39.4 Å². The van der Waals surface area contributed by atoms with Crippen LogP contribution in [0.3, 0.4) is 0 Å². The van der Waals surface area contributed by atoms with Crippen LogP contribution >= 0.6 is 0 Å². The Morgan fingerprint density at radius 3 is 2.00 bits per heavy atom. The summed E-state index contributed by atoms with van der Waals surface area (Å²) < 4.78 is 0. The quantitative estimate of drug-likeness (QED) is 0.332. The van der Waals surface area contributed by atoms with Crippen LogP contribution in [-0.4, -0.2) is 13.0 Å². The summed E-state index contributed by atoms with van der Waals surface area (Å²) in [6, 6.07) is 4.86. The zero-order valence-electron chi connectivity index (χ0n) is 14.8. The van der Waals surface area contributed by atoms with Gasteiger partial charge in [-0.25, -0.2) is 0 Å². The summed E-state index contributed by atoms with van der Waals surface area (Å²) >= 11 is 0. The zero-order valence-corrected chi connectivity index (χ0v) is 15.8. The average molecular weight is 328 g/mol. The number of hydrogen-bond donors (Lipinski definition) is 0. The number of rotatable bonds is 4. The lowest BCUT2D eigenvalue weighted by molar-refractivity contribution is -0.385. The molecule has 0 atom stereocenters. The van der Waals surface area contributed by atoms with E-state index in [1.54, 1.807) is 12.1 Å². The second kappa shape index (κ2) is 7.48. The van der Waals surface area contributed by atoms with Gasteiger partial charge in [-0.3, -0.25) is 10.1 Å². The van der Waals surface area contributed by atoms with Crippen molar-refractivity contribution in [3.63, 3.8) is 0 Å². The highest BCUT2D eigenvalue weighted by Crippen LogP contribution is 2.40. The molecule has 122 valence electrons. The van der Waals surface area contributed by atoms with Crippen LogP contribution in [0.5, 0.6) is 0 Å². The Kier molecular flexibility index (Phi) is 6.18. The molecule has 0 N–H and O–H groups in total. The molecule has 0 aliphatic rings. The van der Waals surface area contributed by atoms with Crippen molar-refractivity contribution in [2.75, 3.05) is 0 Å². The van der Waals surface area contributed by atoms with Crippen LogP contribution in [0.15, 0.2) is 18.2 Å². The minimum Gasteiger partial charge on any atom is -0.258 e. The summed E-state index contributed by atoms with van der Waals surface area (Å²) in [6.07, 6.45) is 5.32. The predicted octanol–water partition coefficient (Wildman–Crippen LogP) is 5.15. The lowest BCUT2D eigenvalue weighted by Gasteiger charge is -2.38. The normalized spacial score (nSPS) is 11.3. The largest absolute Gasteiger partial charge is 0.286 e. The third kappa shape index (κ3) is 3.84. The van der Waals surface area contributed by atoms with Gasteiger partial charge >= 0.3 is 0 Å². The topological polar surface area (TPSA) is 43.1 Å². The maximum absolute atomic E-state index is 11.1. The third-order valence-corrected chi connectivity index (χ3v) is 10.9. The molecule has 1 aromatic carbocycles. The minimum absolute atomic E-state index is 0.0507. The van der Waals surface area contributed by atoms with Crippen LogP contribution in [-0.2, 0) is 0 Å². The summed E-state index contributed by atoms with van der Waals surface area (Å²) in [5.41, 5.74) is 6.04. The van der Waals surface area contributed by atoms with Gasteiger partial charge in [-0.2, -0.15) is 0 Å². The number of nitro benzene ring substituents is 1. The van der Waals surface area contributed by atoms with E-state index in [0.29, 0.717) is 27.8 Å². The Balaban J connectivity index is 3.42. The Hall–Kier alpha value is -2.04. The summed E-state index contributed by atoms with van der Waals surface area (Å²) in [5, 5.41) is 11.1. The van der Waals surface area contributed by atoms with Crippen molar-refractivity contribution < 1.29 is 4.92 Å². The van der Waals surface area contributed by atoms with Gasteiger partial charge in [0.25, 0.3) is 5.69 Å². The first kappa shape index (κ1) is 19.0. The van der Waals surface area contributed by atoms with E-state index >= 15 is 0 Å². The molecule has 3 nitrogen and oxygen atoms in total. The number of hydrogen-bond acceptors (Lipinski definition) is 2. The minimum atomic E-state index is -1.85. The van der Waals surface area contributed by atoms with E-state index in [4.69, 9.17) is 6.42 Å². The predicted molar refractivity (Wildman–Crippen MR) is 99.0 cm³/mol. The summed E-state index contributed by atoms with van der Waals surface area (Å²) in [7, 11) is -1.85. The average Bonchev–Trinajstić information content (AvgIpc) is 2.46. The van der Waals surface area contributed by atoms with Gasteiger partial charge in [-0.1, -0.05) is 53.4 Å². The van der Waals surface area contributed by atoms with E-state index in [2.05, 4.69) is 58.9 Å². The second-order valence-electron chi connectivity index (χ2n) is 6.78. The highest BCUT2D eigenvalue weighted by atomic mass is 28.3. The molecule has 0 spiro atoms. The lowest BCUT2D eigenvalue weighted by atomic mass is 10.1. The van der Waals surface area contributed by atoms with Crippen molar-refractivity contribution in [1.82, 2.24) is 0 Å². The number of nitro groups is 1. The molecular weight excluding hydrogens is 302 g/mol. The van der Waals surface area contributed by atoms with Crippen LogP contribution in [0.1, 0.15) is 52.7 Å². The van der Waals surface area contributed by atoms with Gasteiger partial charge in [-0.15, -0.1) is 12.0 Å². The molecule has 23 heavy (non-hydrogen) atoms. The van der Waals surface area contributed by atoms with E-state index in [1.165, 1.54) is 6.07 Å². The van der Waals surface area contributed by atoms with E-state index in [0.717, 1.165) is 0 Å². The van der Waals surface area contributed by atoms with E-state index in [1.807, 2.05) is 0 Å². The maximum atomic E-state index is 11.1. The highest BCUT2D eigenvalue weighted by molar-refractivity contribution is 6.90. The van der Waals surface area contributed by atoms with Gasteiger partial charge in [-0.05, 0) is 28.8 Å². The van der Waals surface area contributed by atoms with Crippen molar-refractivity contribution in [1.29, 1.82) is 0 Å². The zero-order chi connectivity index (χ0) is 17.8. The van der Waals surface area contributed by atoms with Gasteiger partial charge in [0.2, 0.25) is 0 Å². The monoisotopic (exact) mass is 327 g/mol. The first-order valence-corrected chi connectivity index (χ1v) is 10.2. The molecule has 0 saturated heterocycles. The fourth-order valence-electron chi connectivity index (χ4n) is 3.50. The SMILES string of the molecule is C#Cc1ccc(C#C[Si](C(C)C)(C(C)C)C(C)C)cc1[N+](=O)[O-]. The smallest absolute Gasteiger partial charge is 0.258 e. The lowest BCUT2D eigenvalue weighted by Crippen LogP contribution is -2.43. The summed E-state index contributed by atoms with van der Waals surface area (Å²) in [5.74, 6) is 5.56. The van der Waals surface area contributed by atoms with E-state index in [9.17, 15) is 10.1 Å². The highest BCUT2D eigenvalue weighted by Gasteiger charge is 2.41. The van der Waals surface area contributed by atoms with Crippen LogP contribution < -0.4 is 0 Å². The maximum Gasteiger partial charge on any atom is 0.286 e. The van der Waals surface area contributed by atoms with Gasteiger partial charge in [0.1, 0.15) is 13.6 Å². The molecule has 0 aliphatic heterocycles. The molecule has 0 saturated carbocycles. The van der Waals surface area contributed by atoms with Crippen LogP contribution in [0, 0.1) is 33.9 Å². The van der Waals surface area contributed by atoms with E-state index in [-0.39, 0.29) is 5.69 Å². The molecule has 0 heterocycles. The number of terminal acetylenes is 1. The van der Waals surface area contributed by atoms with Gasteiger partial charge < -0.3 is 0 Å². The number of nitrogens with zero attached hydrogens (tertiary/aromatic N) is 1. The van der Waals surface area contributed by atoms with Crippen molar-refractivity contribution in [2.45, 2.75) is 58.2 Å². The Bertz CT molecular complexity index is 666. The molecule has 0 bridgehead atoms. The van der Waals surface area contributed by atoms with Crippen LogP contribution in [0.4, 0.5) is 5.69 Å². The van der Waals surface area contributed by atoms with Gasteiger partial charge in [0.05, 0.1) is 4.92 Å². The van der Waals surface area contributed by atoms with Crippen molar-refractivity contribution in [3.8, 4) is 23.8 Å². The molecule has 0 aliphatic carbocycles. The first-order valence-electron chi connectivity index (χ1n) is 7.95. The first-order chi connectivity index (χ1) is 10.7. The third-order valence-electron chi connectivity index (χ3n) is 4.64. The molecular formula is C19H25NO2Si. The van der Waals surface area contributed by atoms with Crippen molar-refractivity contribution in [2.24, 2.45) is 0 Å². The van der Waals surface area contributed by atoms with Crippen LogP contribution in [0.2, 0.25) is 16.6 Å². The van der Waals surface area contributed by atoms with E-state index < -0.39 is 13.0 Å². The fourth-order valence-corrected chi connectivity index (χ4v) is 8.72. The standard InChI is InChI=1S/C19H25NO2Si/c1-8-18-10-9-17(13-19(18)20(21)22)11-12-23(14(2)3,15(4)5)16(6)7/h1,9-10,13-16H,2-7H3. The second-order valence-corrected chi connectivity index (χ2v) is 12.4. The Morgan fingerprint density at radius 2 is 1.61 bits per heavy atom. The molecule has 0 fully saturated rings. The van der Waals surface area contributed by atoms with Crippen LogP contribution in [0.25, 0.3) is 0 Å². The van der Waals surface area contributed by atoms with Crippen molar-refractivity contribution >= 4 is 13.8 Å². The molecule has 1 aromatic rings. The molecule has 1 rings (SSSR count). The fraction of sp³-hybridized carbons (Fsp3) is 0.474. The molecule has 0 amide bonds. The number of benzene rings is 1. The Labute approximate surface area is 140 Å². The molecule has 0 unspecified atom stereocenters. The van der Waals surface area contributed by atoms with Gasteiger partial charge in [0.15, 0.2) is 0 Å². The van der Waals surface area contributed by atoms with Gasteiger partial charge in [0, 0.05) is 11.6 Å². The Morgan fingerprint density at radius 1 is 1.09 bits per heavy atom. The molecule has 4 heteroatoms. The summed E-state index contributed by atoms with van der Waals surface area (Å²) in [6.45, 7) is 13.4. The molecule has 0 aromatic heterocycles. The molecule has 0 radical (unpaired) electrons. The summed E-state index contributed by atoms with van der Waals surface area (Å²) in [4.78, 5) is 10.7.